The van der Waals surface area contributed by atoms with Gasteiger partial charge in [-0.05, 0) is 10.6 Å². The van der Waals surface area contributed by atoms with Gasteiger partial charge in [-0.2, -0.15) is 9.83 Å². The SMILES string of the molecule is C1COCC[NH2+]1.CS/C([S-])=N\NC(=O)c1c[n+]([O-])ccn1. The van der Waals surface area contributed by atoms with Crippen LogP contribution >= 0.6 is 11.8 Å². The molecule has 0 aromatic carbocycles. The van der Waals surface area contributed by atoms with Gasteiger partial charge in [-0.15, -0.1) is 11.8 Å². The molecule has 116 valence electrons. The molecule has 1 aromatic heterocycles. The molecule has 0 aliphatic carbocycles. The average Bonchev–Trinajstić information content (AvgIpc) is 2.54. The smallest absolute Gasteiger partial charge is 0.296 e. The third-order valence-electron chi connectivity index (χ3n) is 2.27. The molecular weight excluding hydrogens is 314 g/mol. The lowest BCUT2D eigenvalue weighted by molar-refractivity contribution is -0.670. The highest BCUT2D eigenvalue weighted by Gasteiger charge is 2.08. The molecule has 0 radical (unpaired) electrons. The standard InChI is InChI=1S/C7H8N4O2S2.C4H9NO/c1-15-7(14)10-9-6(12)5-4-11(13)3-2-8-5;1-3-6-4-2-5-1/h2-4H,1H3,(H,9,12)(H,10,14);5H,1-4H2. The minimum absolute atomic E-state index is 0.0137. The summed E-state index contributed by atoms with van der Waals surface area (Å²) in [5.74, 6) is -0.573. The van der Waals surface area contributed by atoms with Crippen molar-refractivity contribution in [2.24, 2.45) is 5.10 Å². The van der Waals surface area contributed by atoms with Crippen LogP contribution < -0.4 is 15.5 Å². The maximum Gasteiger partial charge on any atom is 0.296 e. The number of hydrogen-bond donors (Lipinski definition) is 2. The molecular formula is C11H17N5O3S2. The minimum Gasteiger partial charge on any atom is -0.752 e. The van der Waals surface area contributed by atoms with Gasteiger partial charge < -0.3 is 27.9 Å². The fraction of sp³-hybridized carbons (Fsp3) is 0.455. The molecule has 1 aromatic rings. The number of nitrogens with zero attached hydrogens (tertiary/aromatic N) is 3. The fourth-order valence-corrected chi connectivity index (χ4v) is 1.46. The van der Waals surface area contributed by atoms with Crippen LogP contribution in [-0.2, 0) is 17.4 Å². The maximum atomic E-state index is 11.3. The fourth-order valence-electron chi connectivity index (χ4n) is 1.27. The van der Waals surface area contributed by atoms with Gasteiger partial charge in [0, 0.05) is 0 Å². The molecule has 21 heavy (non-hydrogen) atoms. The number of hydrogen-bond acceptors (Lipinski definition) is 7. The zero-order valence-electron chi connectivity index (χ0n) is 11.5. The van der Waals surface area contributed by atoms with Crippen molar-refractivity contribution in [3.63, 3.8) is 0 Å². The Hall–Kier alpha value is -1.49. The molecule has 3 N–H and O–H groups in total. The number of amides is 1. The lowest BCUT2D eigenvalue weighted by Gasteiger charge is -2.07. The van der Waals surface area contributed by atoms with E-state index in [1.807, 2.05) is 0 Å². The highest BCUT2D eigenvalue weighted by molar-refractivity contribution is 8.26. The van der Waals surface area contributed by atoms with Crippen molar-refractivity contribution in [3.05, 3.63) is 29.5 Å². The number of morpholine rings is 1. The van der Waals surface area contributed by atoms with E-state index in [1.54, 1.807) is 6.26 Å². The predicted molar refractivity (Wildman–Crippen MR) is 81.5 cm³/mol. The van der Waals surface area contributed by atoms with Gasteiger partial charge in [-0.3, -0.25) is 4.79 Å². The second-order valence-corrected chi connectivity index (χ2v) is 5.24. The summed E-state index contributed by atoms with van der Waals surface area (Å²) in [6.45, 7) is 4.19. The zero-order valence-corrected chi connectivity index (χ0v) is 13.2. The molecule has 0 spiro atoms. The third kappa shape index (κ3) is 7.75. The van der Waals surface area contributed by atoms with E-state index in [4.69, 9.17) is 17.4 Å². The van der Waals surface area contributed by atoms with Crippen molar-refractivity contribution < 1.29 is 19.6 Å². The highest BCUT2D eigenvalue weighted by atomic mass is 32.2. The topological polar surface area (TPSA) is 107 Å². The average molecular weight is 331 g/mol. The van der Waals surface area contributed by atoms with Crippen LogP contribution in [0.2, 0.25) is 0 Å². The number of quaternary nitrogens is 1. The van der Waals surface area contributed by atoms with E-state index in [0.29, 0.717) is 9.11 Å². The number of hydrazone groups is 1. The number of ether oxygens (including phenoxy) is 1. The largest absolute Gasteiger partial charge is 0.752 e. The molecule has 2 rings (SSSR count). The molecule has 8 nitrogen and oxygen atoms in total. The van der Waals surface area contributed by atoms with E-state index in [2.05, 4.69) is 20.8 Å². The quantitative estimate of drug-likeness (QED) is 0.165. The van der Waals surface area contributed by atoms with Crippen LogP contribution in [0.1, 0.15) is 10.5 Å². The Morgan fingerprint density at radius 2 is 2.33 bits per heavy atom. The summed E-state index contributed by atoms with van der Waals surface area (Å²) >= 11 is 5.97. The summed E-state index contributed by atoms with van der Waals surface area (Å²) in [4.78, 5) is 15.0. The van der Waals surface area contributed by atoms with Crippen molar-refractivity contribution in [2.75, 3.05) is 32.6 Å². The normalized spacial score (nSPS) is 14.8. The number of aromatic nitrogens is 2. The predicted octanol–water partition coefficient (Wildman–Crippen LogP) is -1.79. The van der Waals surface area contributed by atoms with Crippen LogP contribution in [0.15, 0.2) is 23.7 Å². The number of carbonyl (C=O) groups is 1. The van der Waals surface area contributed by atoms with Crippen LogP contribution in [0.4, 0.5) is 0 Å². The Labute approximate surface area is 132 Å². The lowest BCUT2D eigenvalue weighted by Crippen LogP contribution is -2.87. The molecule has 1 amide bonds. The first kappa shape index (κ1) is 17.6. The number of rotatable bonds is 2. The van der Waals surface area contributed by atoms with E-state index in [-0.39, 0.29) is 5.69 Å². The summed E-state index contributed by atoms with van der Waals surface area (Å²) in [5.41, 5.74) is 2.17. The van der Waals surface area contributed by atoms with Crippen molar-refractivity contribution in [2.45, 2.75) is 0 Å². The molecule has 0 atom stereocenters. The number of thioether (sulfide) groups is 1. The first-order chi connectivity index (χ1) is 10.1. The Balaban J connectivity index is 0.000000304. The second kappa shape index (κ2) is 10.3. The van der Waals surface area contributed by atoms with Crippen LogP contribution in [0, 0.1) is 5.21 Å². The first-order valence-electron chi connectivity index (χ1n) is 6.16. The molecule has 1 aliphatic heterocycles. The Morgan fingerprint density at radius 3 is 2.81 bits per heavy atom. The third-order valence-corrected chi connectivity index (χ3v) is 3.30. The number of nitrogens with one attached hydrogen (secondary N) is 1. The van der Waals surface area contributed by atoms with Crippen molar-refractivity contribution in [1.82, 2.24) is 10.4 Å². The monoisotopic (exact) mass is 331 g/mol. The summed E-state index contributed by atoms with van der Waals surface area (Å²) < 4.78 is 5.82. The molecule has 0 bridgehead atoms. The summed E-state index contributed by atoms with van der Waals surface area (Å²) in [7, 11) is 0. The number of nitrogens with two attached hydrogens (primary N) is 1. The Morgan fingerprint density at radius 1 is 1.62 bits per heavy atom. The number of carbonyl (C=O) groups excluding carboxylic acids is 1. The zero-order chi connectivity index (χ0) is 15.5. The van der Waals surface area contributed by atoms with Crippen molar-refractivity contribution in [1.29, 1.82) is 0 Å². The van der Waals surface area contributed by atoms with Crippen LogP contribution in [0.25, 0.3) is 0 Å². The molecule has 1 fully saturated rings. The van der Waals surface area contributed by atoms with E-state index < -0.39 is 5.91 Å². The maximum absolute atomic E-state index is 11.3. The van der Waals surface area contributed by atoms with Crippen LogP contribution in [0.3, 0.4) is 0 Å². The Kier molecular flexibility index (Phi) is 8.59. The molecule has 0 unspecified atom stereocenters. The summed E-state index contributed by atoms with van der Waals surface area (Å²) in [5, 5.41) is 16.7. The van der Waals surface area contributed by atoms with E-state index in [9.17, 15) is 10.0 Å². The molecule has 1 aliphatic rings. The van der Waals surface area contributed by atoms with Gasteiger partial charge in [0.05, 0.1) is 32.5 Å². The van der Waals surface area contributed by atoms with Gasteiger partial charge in [-0.1, -0.05) is 0 Å². The van der Waals surface area contributed by atoms with E-state index in [1.165, 1.54) is 24.2 Å². The van der Waals surface area contributed by atoms with Gasteiger partial charge in [0.25, 0.3) is 5.91 Å². The van der Waals surface area contributed by atoms with E-state index in [0.717, 1.165) is 32.5 Å². The molecule has 1 saturated heterocycles. The lowest BCUT2D eigenvalue weighted by atomic mass is 10.4. The second-order valence-electron chi connectivity index (χ2n) is 3.80. The summed E-state index contributed by atoms with van der Waals surface area (Å²) in [6, 6.07) is 0. The molecule has 2 heterocycles. The van der Waals surface area contributed by atoms with Gasteiger partial charge in [0.1, 0.15) is 0 Å². The van der Waals surface area contributed by atoms with Crippen molar-refractivity contribution in [3.8, 4) is 0 Å². The van der Waals surface area contributed by atoms with Gasteiger partial charge in [0.2, 0.25) is 6.20 Å². The first-order valence-corrected chi connectivity index (χ1v) is 7.80. The Bertz CT molecular complexity index is 471. The van der Waals surface area contributed by atoms with Crippen LogP contribution in [0.5, 0.6) is 0 Å². The van der Waals surface area contributed by atoms with Gasteiger partial charge >= 0.3 is 0 Å². The highest BCUT2D eigenvalue weighted by Crippen LogP contribution is 1.94. The van der Waals surface area contributed by atoms with E-state index >= 15 is 0 Å². The minimum atomic E-state index is -0.573. The molecule has 0 saturated carbocycles. The van der Waals surface area contributed by atoms with Gasteiger partial charge in [0.15, 0.2) is 11.9 Å². The van der Waals surface area contributed by atoms with Crippen molar-refractivity contribution >= 4 is 34.7 Å². The summed E-state index contributed by atoms with van der Waals surface area (Å²) in [6.07, 6.45) is 5.20. The van der Waals surface area contributed by atoms with Gasteiger partial charge in [-0.25, -0.2) is 10.4 Å². The molecule has 10 heteroatoms. The van der Waals surface area contributed by atoms with Crippen LogP contribution in [-0.4, -0.2) is 47.8 Å².